The van der Waals surface area contributed by atoms with Gasteiger partial charge in [-0.25, -0.2) is 8.42 Å². The molecule has 0 aliphatic heterocycles. The summed E-state index contributed by atoms with van der Waals surface area (Å²) in [6.07, 6.45) is 1.66. The maximum atomic E-state index is 11.4. The minimum Gasteiger partial charge on any atom is -0.256 e. The second-order valence-corrected chi connectivity index (χ2v) is 6.12. The summed E-state index contributed by atoms with van der Waals surface area (Å²) in [5, 5.41) is 0. The molecule has 1 aromatic heterocycles. The number of benzene rings is 1. The van der Waals surface area contributed by atoms with Crippen molar-refractivity contribution < 1.29 is 8.42 Å². The fourth-order valence-corrected chi connectivity index (χ4v) is 2.90. The lowest BCUT2D eigenvalue weighted by Crippen LogP contribution is -1.97. The Morgan fingerprint density at radius 1 is 1.12 bits per heavy atom. The van der Waals surface area contributed by atoms with Gasteiger partial charge in [-0.3, -0.25) is 4.98 Å². The van der Waals surface area contributed by atoms with E-state index in [9.17, 15) is 8.42 Å². The van der Waals surface area contributed by atoms with E-state index in [1.165, 1.54) is 6.07 Å². The van der Waals surface area contributed by atoms with Gasteiger partial charge in [-0.2, -0.15) is 0 Å². The molecular weight excluding hydrogens is 258 g/mol. The predicted octanol–water partition coefficient (Wildman–Crippen LogP) is 2.98. The molecule has 0 unspecified atom stereocenters. The number of aromatic nitrogens is 1. The molecule has 2 rings (SSSR count). The SMILES string of the molecule is Cc1c(-c2ccccn2)cccc1S(=O)(=O)Cl. The normalized spacial score (nSPS) is 11.4. The summed E-state index contributed by atoms with van der Waals surface area (Å²) in [4.78, 5) is 4.32. The van der Waals surface area contributed by atoms with Crippen LogP contribution in [-0.4, -0.2) is 13.4 Å². The van der Waals surface area contributed by atoms with E-state index in [1.54, 1.807) is 25.3 Å². The lowest BCUT2D eigenvalue weighted by atomic mass is 10.1. The van der Waals surface area contributed by atoms with Gasteiger partial charge < -0.3 is 0 Å². The van der Waals surface area contributed by atoms with Crippen LogP contribution in [0.25, 0.3) is 11.3 Å². The molecule has 1 aromatic carbocycles. The summed E-state index contributed by atoms with van der Waals surface area (Å²) in [5.41, 5.74) is 2.11. The van der Waals surface area contributed by atoms with Crippen LogP contribution in [0.15, 0.2) is 47.5 Å². The van der Waals surface area contributed by atoms with E-state index in [2.05, 4.69) is 4.98 Å². The molecule has 1 heterocycles. The van der Waals surface area contributed by atoms with Crippen molar-refractivity contribution in [2.75, 3.05) is 0 Å². The minimum atomic E-state index is -3.72. The third-order valence-electron chi connectivity index (χ3n) is 2.49. The van der Waals surface area contributed by atoms with E-state index in [4.69, 9.17) is 10.7 Å². The van der Waals surface area contributed by atoms with E-state index in [0.717, 1.165) is 11.3 Å². The Bertz CT molecular complexity index is 639. The van der Waals surface area contributed by atoms with Gasteiger partial charge in [0.05, 0.1) is 10.6 Å². The molecule has 0 saturated heterocycles. The monoisotopic (exact) mass is 267 g/mol. The van der Waals surface area contributed by atoms with Crippen LogP contribution in [0.3, 0.4) is 0 Å². The molecule has 0 N–H and O–H groups in total. The zero-order valence-corrected chi connectivity index (χ0v) is 10.7. The number of hydrogen-bond donors (Lipinski definition) is 0. The van der Waals surface area contributed by atoms with Crippen LogP contribution in [0.5, 0.6) is 0 Å². The highest BCUT2D eigenvalue weighted by atomic mass is 35.7. The lowest BCUT2D eigenvalue weighted by Gasteiger charge is -2.08. The summed E-state index contributed by atoms with van der Waals surface area (Å²) in [5.74, 6) is 0. The molecule has 0 amide bonds. The Morgan fingerprint density at radius 2 is 1.88 bits per heavy atom. The van der Waals surface area contributed by atoms with Gasteiger partial charge in [-0.15, -0.1) is 0 Å². The minimum absolute atomic E-state index is 0.127. The molecule has 17 heavy (non-hydrogen) atoms. The van der Waals surface area contributed by atoms with E-state index in [1.807, 2.05) is 18.2 Å². The average Bonchev–Trinajstić information content (AvgIpc) is 2.29. The molecule has 0 atom stereocenters. The van der Waals surface area contributed by atoms with Crippen molar-refractivity contribution in [2.45, 2.75) is 11.8 Å². The molecule has 2 aromatic rings. The van der Waals surface area contributed by atoms with Gasteiger partial charge in [0.2, 0.25) is 0 Å². The summed E-state index contributed by atoms with van der Waals surface area (Å²) in [7, 11) is 1.66. The summed E-state index contributed by atoms with van der Waals surface area (Å²) < 4.78 is 22.8. The molecule has 0 fully saturated rings. The van der Waals surface area contributed by atoms with Crippen molar-refractivity contribution in [1.29, 1.82) is 0 Å². The molecule has 88 valence electrons. The van der Waals surface area contributed by atoms with Gasteiger partial charge in [0.15, 0.2) is 0 Å². The van der Waals surface area contributed by atoms with Crippen LogP contribution < -0.4 is 0 Å². The van der Waals surface area contributed by atoms with Crippen LogP contribution >= 0.6 is 10.7 Å². The number of pyridine rings is 1. The van der Waals surface area contributed by atoms with Gasteiger partial charge in [0.1, 0.15) is 0 Å². The zero-order valence-electron chi connectivity index (χ0n) is 9.09. The van der Waals surface area contributed by atoms with Crippen molar-refractivity contribution in [3.8, 4) is 11.3 Å². The maximum Gasteiger partial charge on any atom is 0.261 e. The van der Waals surface area contributed by atoms with Crippen LogP contribution in [0.2, 0.25) is 0 Å². The van der Waals surface area contributed by atoms with E-state index < -0.39 is 9.05 Å². The fourth-order valence-electron chi connectivity index (χ4n) is 1.68. The summed E-state index contributed by atoms with van der Waals surface area (Å²) >= 11 is 0. The lowest BCUT2D eigenvalue weighted by molar-refractivity contribution is 0.609. The average molecular weight is 268 g/mol. The number of rotatable bonds is 2. The first-order chi connectivity index (χ1) is 8.00. The highest BCUT2D eigenvalue weighted by Crippen LogP contribution is 2.28. The summed E-state index contributed by atoms with van der Waals surface area (Å²) in [6.45, 7) is 1.72. The first-order valence-corrected chi connectivity index (χ1v) is 7.27. The standard InChI is InChI=1S/C12H10ClNO2S/c1-9-10(11-6-2-3-8-14-11)5-4-7-12(9)17(13,15)16/h2-8H,1H3. The number of halogens is 1. The van der Waals surface area contributed by atoms with E-state index in [-0.39, 0.29) is 4.90 Å². The van der Waals surface area contributed by atoms with Crippen LogP contribution in [0, 0.1) is 6.92 Å². The molecule has 0 bridgehead atoms. The maximum absolute atomic E-state index is 11.4. The highest BCUT2D eigenvalue weighted by molar-refractivity contribution is 8.13. The molecule has 0 saturated carbocycles. The Kier molecular flexibility index (Phi) is 3.17. The molecule has 0 spiro atoms. The third kappa shape index (κ3) is 2.48. The second-order valence-electron chi connectivity index (χ2n) is 3.58. The van der Waals surface area contributed by atoms with E-state index >= 15 is 0 Å². The van der Waals surface area contributed by atoms with E-state index in [0.29, 0.717) is 5.56 Å². The Labute approximate surface area is 105 Å². The molecule has 0 aliphatic rings. The van der Waals surface area contributed by atoms with Gasteiger partial charge in [-0.1, -0.05) is 18.2 Å². The largest absolute Gasteiger partial charge is 0.261 e. The molecule has 5 heteroatoms. The van der Waals surface area contributed by atoms with Gasteiger partial charge in [0, 0.05) is 22.4 Å². The molecule has 0 aliphatic carbocycles. The smallest absolute Gasteiger partial charge is 0.256 e. The van der Waals surface area contributed by atoms with Gasteiger partial charge in [0.25, 0.3) is 9.05 Å². The van der Waals surface area contributed by atoms with Gasteiger partial charge >= 0.3 is 0 Å². The van der Waals surface area contributed by atoms with Crippen LogP contribution in [0.1, 0.15) is 5.56 Å². The number of hydrogen-bond acceptors (Lipinski definition) is 3. The topological polar surface area (TPSA) is 47.0 Å². The fraction of sp³-hybridized carbons (Fsp3) is 0.0833. The van der Waals surface area contributed by atoms with Crippen LogP contribution in [-0.2, 0) is 9.05 Å². The highest BCUT2D eigenvalue weighted by Gasteiger charge is 2.16. The first-order valence-electron chi connectivity index (χ1n) is 4.96. The van der Waals surface area contributed by atoms with Crippen molar-refractivity contribution in [1.82, 2.24) is 4.98 Å². The predicted molar refractivity (Wildman–Crippen MR) is 67.4 cm³/mol. The van der Waals surface area contributed by atoms with Crippen molar-refractivity contribution in [2.24, 2.45) is 0 Å². The molecular formula is C12H10ClNO2S. The van der Waals surface area contributed by atoms with Gasteiger partial charge in [-0.05, 0) is 30.7 Å². The van der Waals surface area contributed by atoms with Crippen molar-refractivity contribution in [3.63, 3.8) is 0 Å². The quantitative estimate of drug-likeness (QED) is 0.786. The number of nitrogens with zero attached hydrogens (tertiary/aromatic N) is 1. The zero-order chi connectivity index (χ0) is 12.5. The third-order valence-corrected chi connectivity index (χ3v) is 3.95. The van der Waals surface area contributed by atoms with Crippen molar-refractivity contribution >= 4 is 19.7 Å². The summed E-state index contributed by atoms with van der Waals surface area (Å²) in [6, 6.07) is 10.5. The molecule has 0 radical (unpaired) electrons. The Hall–Kier alpha value is -1.39. The Morgan fingerprint density at radius 3 is 2.47 bits per heavy atom. The first kappa shape index (κ1) is 12.1. The molecule has 3 nitrogen and oxygen atoms in total. The van der Waals surface area contributed by atoms with Crippen molar-refractivity contribution in [3.05, 3.63) is 48.2 Å². The van der Waals surface area contributed by atoms with Crippen LogP contribution in [0.4, 0.5) is 0 Å². The second kappa shape index (κ2) is 4.47. The Balaban J connectivity index is 2.67.